The summed E-state index contributed by atoms with van der Waals surface area (Å²) >= 11 is 0. The smallest absolute Gasteiger partial charge is 0.149 e. The standard InChI is InChI=1S/C21H16N4O/c1-14-4-9-19-20(11-14)24-21(23-19)15(13-22)12-17-3-2-10-25(17)16-5-7-18(26)8-6-16/h2-12,26H,1H3,(H,23,24)/b15-12-. The summed E-state index contributed by atoms with van der Waals surface area (Å²) in [6.45, 7) is 2.02. The Kier molecular flexibility index (Phi) is 3.79. The van der Waals surface area contributed by atoms with Crippen LogP contribution in [0.25, 0.3) is 28.4 Å². The first kappa shape index (κ1) is 15.7. The highest BCUT2D eigenvalue weighted by molar-refractivity contribution is 5.90. The lowest BCUT2D eigenvalue weighted by Gasteiger charge is -2.07. The average Bonchev–Trinajstić information content (AvgIpc) is 3.26. The first-order valence-electron chi connectivity index (χ1n) is 8.19. The predicted octanol–water partition coefficient (Wildman–Crippen LogP) is 4.43. The first-order valence-corrected chi connectivity index (χ1v) is 8.19. The van der Waals surface area contributed by atoms with E-state index in [1.165, 1.54) is 0 Å². The van der Waals surface area contributed by atoms with E-state index in [-0.39, 0.29) is 5.75 Å². The van der Waals surface area contributed by atoms with Crippen molar-refractivity contribution >= 4 is 22.7 Å². The number of H-pyrrole nitrogens is 1. The molecule has 126 valence electrons. The predicted molar refractivity (Wildman–Crippen MR) is 102 cm³/mol. The average molecular weight is 340 g/mol. The summed E-state index contributed by atoms with van der Waals surface area (Å²) in [5, 5.41) is 19.1. The van der Waals surface area contributed by atoms with Gasteiger partial charge < -0.3 is 14.7 Å². The van der Waals surface area contributed by atoms with Gasteiger partial charge in [-0.1, -0.05) is 6.07 Å². The van der Waals surface area contributed by atoms with Crippen LogP contribution in [-0.2, 0) is 0 Å². The Balaban J connectivity index is 1.77. The number of allylic oxidation sites excluding steroid dienone is 1. The van der Waals surface area contributed by atoms with Crippen LogP contribution in [0.3, 0.4) is 0 Å². The van der Waals surface area contributed by atoms with E-state index < -0.39 is 0 Å². The monoisotopic (exact) mass is 340 g/mol. The Morgan fingerprint density at radius 2 is 2.00 bits per heavy atom. The van der Waals surface area contributed by atoms with E-state index in [9.17, 15) is 10.4 Å². The lowest BCUT2D eigenvalue weighted by Crippen LogP contribution is -1.95. The molecular formula is C21H16N4O. The van der Waals surface area contributed by atoms with Crippen LogP contribution in [0.1, 0.15) is 17.1 Å². The number of aromatic hydroxyl groups is 1. The van der Waals surface area contributed by atoms with Gasteiger partial charge in [-0.25, -0.2) is 4.98 Å². The van der Waals surface area contributed by atoms with Gasteiger partial charge in [-0.3, -0.25) is 0 Å². The lowest BCUT2D eigenvalue weighted by atomic mass is 10.2. The molecule has 26 heavy (non-hydrogen) atoms. The Morgan fingerprint density at radius 3 is 2.77 bits per heavy atom. The quantitative estimate of drug-likeness (QED) is 0.542. The van der Waals surface area contributed by atoms with E-state index in [0.29, 0.717) is 11.4 Å². The molecular weight excluding hydrogens is 324 g/mol. The summed E-state index contributed by atoms with van der Waals surface area (Å²) in [6.07, 6.45) is 3.71. The van der Waals surface area contributed by atoms with E-state index >= 15 is 0 Å². The molecule has 0 spiro atoms. The third-order valence-corrected chi connectivity index (χ3v) is 4.21. The summed E-state index contributed by atoms with van der Waals surface area (Å²) in [5.41, 5.74) is 5.09. The number of imidazole rings is 1. The van der Waals surface area contributed by atoms with Gasteiger partial charge in [-0.2, -0.15) is 5.26 Å². The maximum atomic E-state index is 9.64. The van der Waals surface area contributed by atoms with Crippen molar-refractivity contribution < 1.29 is 5.11 Å². The Labute approximate surface area is 150 Å². The van der Waals surface area contributed by atoms with Crippen LogP contribution in [0, 0.1) is 18.3 Å². The van der Waals surface area contributed by atoms with Crippen molar-refractivity contribution in [3.05, 3.63) is 77.9 Å². The van der Waals surface area contributed by atoms with Crippen LogP contribution in [-0.4, -0.2) is 19.6 Å². The summed E-state index contributed by atoms with van der Waals surface area (Å²) < 4.78 is 1.95. The molecule has 0 aliphatic heterocycles. The van der Waals surface area contributed by atoms with E-state index in [4.69, 9.17) is 0 Å². The highest BCUT2D eigenvalue weighted by Crippen LogP contribution is 2.22. The molecule has 5 nitrogen and oxygen atoms in total. The molecule has 0 amide bonds. The highest BCUT2D eigenvalue weighted by Gasteiger charge is 2.10. The van der Waals surface area contributed by atoms with Crippen molar-refractivity contribution in [2.75, 3.05) is 0 Å². The number of aromatic amines is 1. The third-order valence-electron chi connectivity index (χ3n) is 4.21. The van der Waals surface area contributed by atoms with Crippen molar-refractivity contribution in [3.63, 3.8) is 0 Å². The Bertz CT molecular complexity index is 1160. The molecule has 4 aromatic rings. The molecule has 0 aliphatic carbocycles. The third kappa shape index (κ3) is 2.85. The van der Waals surface area contributed by atoms with Crippen molar-refractivity contribution in [2.45, 2.75) is 6.92 Å². The van der Waals surface area contributed by atoms with Crippen molar-refractivity contribution in [1.29, 1.82) is 5.26 Å². The zero-order valence-corrected chi connectivity index (χ0v) is 14.1. The molecule has 0 bridgehead atoms. The maximum Gasteiger partial charge on any atom is 0.149 e. The topological polar surface area (TPSA) is 77.6 Å². The van der Waals surface area contributed by atoms with Crippen molar-refractivity contribution in [2.24, 2.45) is 0 Å². The van der Waals surface area contributed by atoms with E-state index in [1.807, 2.05) is 60.2 Å². The number of hydrogen-bond donors (Lipinski definition) is 2. The van der Waals surface area contributed by atoms with Gasteiger partial charge in [0.2, 0.25) is 0 Å². The Hall–Kier alpha value is -3.78. The van der Waals surface area contributed by atoms with Crippen LogP contribution < -0.4 is 0 Å². The molecule has 2 heterocycles. The molecule has 0 fully saturated rings. The fourth-order valence-corrected chi connectivity index (χ4v) is 2.91. The largest absolute Gasteiger partial charge is 0.508 e. The molecule has 2 aromatic heterocycles. The van der Waals surface area contributed by atoms with Gasteiger partial charge in [-0.05, 0) is 67.1 Å². The number of aromatic nitrogens is 3. The summed E-state index contributed by atoms with van der Waals surface area (Å²) in [4.78, 5) is 7.75. The number of nitrogens with zero attached hydrogens (tertiary/aromatic N) is 3. The maximum absolute atomic E-state index is 9.64. The molecule has 2 N–H and O–H groups in total. The van der Waals surface area contributed by atoms with Crippen LogP contribution in [0.15, 0.2) is 60.8 Å². The molecule has 0 atom stereocenters. The molecule has 0 saturated carbocycles. The zero-order chi connectivity index (χ0) is 18.1. The number of phenols is 1. The second kappa shape index (κ2) is 6.26. The van der Waals surface area contributed by atoms with Crippen molar-refractivity contribution in [1.82, 2.24) is 14.5 Å². The van der Waals surface area contributed by atoms with Gasteiger partial charge in [0.25, 0.3) is 0 Å². The number of rotatable bonds is 3. The van der Waals surface area contributed by atoms with Crippen molar-refractivity contribution in [3.8, 4) is 17.5 Å². The minimum absolute atomic E-state index is 0.216. The van der Waals surface area contributed by atoms with Gasteiger partial charge in [0, 0.05) is 17.6 Å². The van der Waals surface area contributed by atoms with Crippen LogP contribution >= 0.6 is 0 Å². The number of phenolic OH excluding ortho intramolecular Hbond substituents is 1. The Morgan fingerprint density at radius 1 is 1.19 bits per heavy atom. The number of nitriles is 1. The molecule has 0 aliphatic rings. The van der Waals surface area contributed by atoms with Gasteiger partial charge in [-0.15, -0.1) is 0 Å². The van der Waals surface area contributed by atoms with E-state index in [0.717, 1.165) is 28.0 Å². The second-order valence-corrected chi connectivity index (χ2v) is 6.10. The summed E-state index contributed by atoms with van der Waals surface area (Å²) in [5.74, 6) is 0.764. The van der Waals surface area contributed by atoms with Crippen LogP contribution in [0.2, 0.25) is 0 Å². The van der Waals surface area contributed by atoms with E-state index in [2.05, 4.69) is 16.0 Å². The minimum atomic E-state index is 0.216. The van der Waals surface area contributed by atoms with Gasteiger partial charge in [0.15, 0.2) is 0 Å². The molecule has 4 rings (SSSR count). The van der Waals surface area contributed by atoms with Gasteiger partial charge >= 0.3 is 0 Å². The summed E-state index contributed by atoms with van der Waals surface area (Å²) in [6, 6.07) is 18.9. The fourth-order valence-electron chi connectivity index (χ4n) is 2.91. The normalized spacial score (nSPS) is 11.6. The van der Waals surface area contributed by atoms with Gasteiger partial charge in [0.1, 0.15) is 17.6 Å². The summed E-state index contributed by atoms with van der Waals surface area (Å²) in [7, 11) is 0. The van der Waals surface area contributed by atoms with Crippen LogP contribution in [0.5, 0.6) is 5.75 Å². The first-order chi connectivity index (χ1) is 12.6. The molecule has 0 radical (unpaired) electrons. The van der Waals surface area contributed by atoms with Crippen LogP contribution in [0.4, 0.5) is 0 Å². The van der Waals surface area contributed by atoms with Gasteiger partial charge in [0.05, 0.1) is 16.6 Å². The number of hydrogen-bond acceptors (Lipinski definition) is 3. The highest BCUT2D eigenvalue weighted by atomic mass is 16.3. The molecule has 0 saturated heterocycles. The second-order valence-electron chi connectivity index (χ2n) is 6.10. The number of fused-ring (bicyclic) bond motifs is 1. The molecule has 2 aromatic carbocycles. The number of nitrogens with one attached hydrogen (secondary N) is 1. The number of aryl methyl sites for hydroxylation is 1. The SMILES string of the molecule is Cc1ccc2nc(/C(C#N)=C\c3cccn3-c3ccc(O)cc3)[nH]c2c1. The molecule has 5 heteroatoms. The lowest BCUT2D eigenvalue weighted by molar-refractivity contribution is 0.475. The minimum Gasteiger partial charge on any atom is -0.508 e. The fraction of sp³-hybridized carbons (Fsp3) is 0.0476. The molecule has 0 unspecified atom stereocenters. The number of benzene rings is 2. The van der Waals surface area contributed by atoms with E-state index in [1.54, 1.807) is 18.2 Å². The zero-order valence-electron chi connectivity index (χ0n) is 14.1.